The van der Waals surface area contributed by atoms with Crippen LogP contribution in [0.15, 0.2) is 0 Å². The Labute approximate surface area is 98.7 Å². The Hall–Kier alpha value is -1.28. The van der Waals surface area contributed by atoms with Crippen LogP contribution in [0.25, 0.3) is 0 Å². The number of esters is 1. The summed E-state index contributed by atoms with van der Waals surface area (Å²) in [5.41, 5.74) is -2.23. The van der Waals surface area contributed by atoms with E-state index in [1.54, 1.807) is 0 Å². The summed E-state index contributed by atoms with van der Waals surface area (Å²) in [4.78, 5) is 11.0. The first-order chi connectivity index (χ1) is 7.70. The van der Waals surface area contributed by atoms with Crippen molar-refractivity contribution in [3.05, 3.63) is 16.4 Å². The van der Waals surface area contributed by atoms with E-state index >= 15 is 0 Å². The molecule has 1 unspecified atom stereocenters. The molecule has 1 aromatic heterocycles. The van der Waals surface area contributed by atoms with Crippen LogP contribution in [-0.4, -0.2) is 28.0 Å². The van der Waals surface area contributed by atoms with Gasteiger partial charge in [-0.3, -0.25) is 4.68 Å². The van der Waals surface area contributed by atoms with Crippen LogP contribution in [0.4, 0.5) is 13.2 Å². The van der Waals surface area contributed by atoms with Crippen LogP contribution in [0.3, 0.4) is 0 Å². The highest BCUT2D eigenvalue weighted by atomic mass is 35.5. The summed E-state index contributed by atoms with van der Waals surface area (Å²) in [6.07, 6.45) is -6.95. The van der Waals surface area contributed by atoms with Crippen molar-refractivity contribution in [3.8, 4) is 0 Å². The number of ether oxygens (including phenoxy) is 1. The zero-order valence-corrected chi connectivity index (χ0v) is 9.50. The van der Waals surface area contributed by atoms with E-state index in [0.717, 1.165) is 14.2 Å². The van der Waals surface area contributed by atoms with Crippen molar-refractivity contribution in [2.75, 3.05) is 7.11 Å². The molecule has 17 heavy (non-hydrogen) atoms. The molecule has 5 nitrogen and oxygen atoms in total. The molecule has 1 N–H and O–H groups in total. The molecule has 1 atom stereocenters. The van der Waals surface area contributed by atoms with E-state index in [9.17, 15) is 23.1 Å². The van der Waals surface area contributed by atoms with Crippen LogP contribution in [0.1, 0.15) is 17.4 Å². The first-order valence-corrected chi connectivity index (χ1v) is 4.63. The number of alkyl halides is 3. The van der Waals surface area contributed by atoms with E-state index < -0.39 is 34.7 Å². The minimum atomic E-state index is -4.82. The highest BCUT2D eigenvalue weighted by Crippen LogP contribution is 2.37. The minimum Gasteiger partial charge on any atom is -0.467 e. The van der Waals surface area contributed by atoms with Gasteiger partial charge in [-0.1, -0.05) is 11.6 Å². The molecule has 0 saturated heterocycles. The van der Waals surface area contributed by atoms with Gasteiger partial charge in [0.1, 0.15) is 5.15 Å². The van der Waals surface area contributed by atoms with Gasteiger partial charge in [-0.25, -0.2) is 4.79 Å². The maximum atomic E-state index is 12.6. The molecular weight excluding hydrogens is 265 g/mol. The lowest BCUT2D eigenvalue weighted by Crippen LogP contribution is -2.18. The number of hydrogen-bond acceptors (Lipinski definition) is 4. The molecule has 9 heteroatoms. The number of carbonyl (C=O) groups is 1. The largest absolute Gasteiger partial charge is 0.467 e. The van der Waals surface area contributed by atoms with Crippen LogP contribution in [-0.2, 0) is 22.8 Å². The lowest BCUT2D eigenvalue weighted by Gasteiger charge is -2.10. The van der Waals surface area contributed by atoms with Gasteiger partial charge in [0.05, 0.1) is 12.7 Å². The van der Waals surface area contributed by atoms with Crippen molar-refractivity contribution in [2.24, 2.45) is 7.05 Å². The fourth-order valence-corrected chi connectivity index (χ4v) is 1.43. The molecule has 0 fully saturated rings. The van der Waals surface area contributed by atoms with E-state index in [2.05, 4.69) is 9.84 Å². The normalized spacial score (nSPS) is 13.6. The van der Waals surface area contributed by atoms with Gasteiger partial charge in [0.2, 0.25) is 0 Å². The first-order valence-electron chi connectivity index (χ1n) is 4.25. The Morgan fingerprint density at radius 1 is 1.59 bits per heavy atom. The second-order valence-electron chi connectivity index (χ2n) is 3.10. The third-order valence-corrected chi connectivity index (χ3v) is 2.43. The summed E-state index contributed by atoms with van der Waals surface area (Å²) in [5.74, 6) is -1.24. The van der Waals surface area contributed by atoms with Crippen LogP contribution in [0, 0.1) is 0 Å². The molecule has 0 aromatic carbocycles. The Kier molecular flexibility index (Phi) is 3.68. The average Bonchev–Trinajstić information content (AvgIpc) is 2.53. The van der Waals surface area contributed by atoms with E-state index in [0.29, 0.717) is 4.68 Å². The van der Waals surface area contributed by atoms with Gasteiger partial charge in [-0.05, 0) is 0 Å². The second kappa shape index (κ2) is 4.53. The highest BCUT2D eigenvalue weighted by Gasteiger charge is 2.42. The third-order valence-electron chi connectivity index (χ3n) is 1.98. The van der Waals surface area contributed by atoms with E-state index in [1.165, 1.54) is 0 Å². The number of aryl methyl sites for hydroxylation is 1. The summed E-state index contributed by atoms with van der Waals surface area (Å²) in [6, 6.07) is 0. The summed E-state index contributed by atoms with van der Waals surface area (Å²) >= 11 is 5.55. The van der Waals surface area contributed by atoms with Crippen molar-refractivity contribution >= 4 is 17.6 Å². The number of aliphatic hydroxyl groups excluding tert-OH is 1. The van der Waals surface area contributed by atoms with E-state index in [4.69, 9.17) is 11.6 Å². The SMILES string of the molecule is COC(=O)C(O)c1c(C(F)(F)F)nn(C)c1Cl. The molecule has 96 valence electrons. The zero-order chi connectivity index (χ0) is 13.4. The monoisotopic (exact) mass is 272 g/mol. The standard InChI is InChI=1S/C8H8ClF3N2O3/c1-14-6(9)3(4(15)7(16)17-2)5(13-14)8(10,11)12/h4,15H,1-2H3. The number of carbonyl (C=O) groups excluding carboxylic acids is 1. The maximum Gasteiger partial charge on any atom is 0.435 e. The van der Waals surface area contributed by atoms with Crippen molar-refractivity contribution in [3.63, 3.8) is 0 Å². The fraction of sp³-hybridized carbons (Fsp3) is 0.500. The molecule has 0 amide bonds. The maximum absolute atomic E-state index is 12.6. The first kappa shape index (κ1) is 13.8. The average molecular weight is 273 g/mol. The number of halogens is 4. The molecule has 1 rings (SSSR count). The fourth-order valence-electron chi connectivity index (χ4n) is 1.20. The van der Waals surface area contributed by atoms with Crippen molar-refractivity contribution in [2.45, 2.75) is 12.3 Å². The van der Waals surface area contributed by atoms with Crippen molar-refractivity contribution < 1.29 is 27.8 Å². The van der Waals surface area contributed by atoms with Crippen LogP contribution < -0.4 is 0 Å². The van der Waals surface area contributed by atoms with Gasteiger partial charge in [0, 0.05) is 7.05 Å². The Morgan fingerprint density at radius 2 is 2.12 bits per heavy atom. The number of aliphatic hydroxyl groups is 1. The lowest BCUT2D eigenvalue weighted by atomic mass is 10.1. The summed E-state index contributed by atoms with van der Waals surface area (Å²) in [7, 11) is 2.09. The highest BCUT2D eigenvalue weighted by molar-refractivity contribution is 6.30. The number of aromatic nitrogens is 2. The van der Waals surface area contributed by atoms with Crippen LogP contribution in [0.2, 0.25) is 5.15 Å². The van der Waals surface area contributed by atoms with Crippen LogP contribution in [0.5, 0.6) is 0 Å². The van der Waals surface area contributed by atoms with E-state index in [-0.39, 0.29) is 0 Å². The molecular formula is C8H8ClF3N2O3. The second-order valence-corrected chi connectivity index (χ2v) is 3.46. The molecule has 0 bridgehead atoms. The van der Waals surface area contributed by atoms with Crippen molar-refractivity contribution in [1.29, 1.82) is 0 Å². The molecule has 0 radical (unpaired) electrons. The number of rotatable bonds is 2. The topological polar surface area (TPSA) is 64.3 Å². The molecule has 0 aliphatic carbocycles. The number of hydrogen-bond donors (Lipinski definition) is 1. The molecule has 0 spiro atoms. The van der Waals surface area contributed by atoms with Crippen LogP contribution >= 0.6 is 11.6 Å². The molecule has 1 heterocycles. The smallest absolute Gasteiger partial charge is 0.435 e. The Bertz CT molecular complexity index is 444. The Balaban J connectivity index is 3.36. The molecule has 0 aliphatic heterocycles. The summed E-state index contributed by atoms with van der Waals surface area (Å²) in [5, 5.41) is 12.0. The van der Waals surface area contributed by atoms with E-state index in [1.807, 2.05) is 0 Å². The van der Waals surface area contributed by atoms with Gasteiger partial charge in [0.15, 0.2) is 11.8 Å². The predicted molar refractivity (Wildman–Crippen MR) is 50.2 cm³/mol. The number of nitrogens with zero attached hydrogens (tertiary/aromatic N) is 2. The number of methoxy groups -OCH3 is 1. The van der Waals surface area contributed by atoms with Gasteiger partial charge < -0.3 is 9.84 Å². The molecule has 0 saturated carbocycles. The third kappa shape index (κ3) is 2.52. The van der Waals surface area contributed by atoms with Crippen molar-refractivity contribution in [1.82, 2.24) is 9.78 Å². The van der Waals surface area contributed by atoms with Gasteiger partial charge in [-0.15, -0.1) is 0 Å². The summed E-state index contributed by atoms with van der Waals surface area (Å²) in [6.45, 7) is 0. The quantitative estimate of drug-likeness (QED) is 0.824. The lowest BCUT2D eigenvalue weighted by molar-refractivity contribution is -0.153. The van der Waals surface area contributed by atoms with Gasteiger partial charge in [-0.2, -0.15) is 18.3 Å². The van der Waals surface area contributed by atoms with Gasteiger partial charge in [0.25, 0.3) is 0 Å². The molecule has 1 aromatic rings. The minimum absolute atomic E-state index is 0.477. The molecule has 0 aliphatic rings. The predicted octanol–water partition coefficient (Wildman–Crippen LogP) is 1.30. The Morgan fingerprint density at radius 3 is 2.53 bits per heavy atom. The van der Waals surface area contributed by atoms with Gasteiger partial charge >= 0.3 is 12.1 Å². The zero-order valence-electron chi connectivity index (χ0n) is 8.75. The summed E-state index contributed by atoms with van der Waals surface area (Å²) < 4.78 is 42.6.